The summed E-state index contributed by atoms with van der Waals surface area (Å²) in [6, 6.07) is 11.6. The molecule has 0 aliphatic rings. The standard InChI is InChI=1S/C27H41N/c1-16(2)21-14-24(19(7)8)27(25(15-21)20(9)10)28-26-22(17(3)4)12-11-13-23(26)18(5)6/h11-20,28H,1-10H3. The molecule has 0 fully saturated rings. The topological polar surface area (TPSA) is 12.0 Å². The molecule has 0 bridgehead atoms. The molecule has 0 saturated carbocycles. The van der Waals surface area contributed by atoms with Gasteiger partial charge in [-0.2, -0.15) is 0 Å². The molecule has 0 aliphatic carbocycles. The van der Waals surface area contributed by atoms with Gasteiger partial charge in [-0.15, -0.1) is 0 Å². The van der Waals surface area contributed by atoms with Gasteiger partial charge in [-0.1, -0.05) is 99.6 Å². The molecule has 0 unspecified atom stereocenters. The van der Waals surface area contributed by atoms with E-state index in [1.54, 1.807) is 0 Å². The average molecular weight is 380 g/mol. The van der Waals surface area contributed by atoms with Gasteiger partial charge in [-0.3, -0.25) is 0 Å². The highest BCUT2D eigenvalue weighted by Gasteiger charge is 2.20. The zero-order chi connectivity index (χ0) is 21.2. The lowest BCUT2D eigenvalue weighted by Gasteiger charge is -2.27. The number of hydrogen-bond acceptors (Lipinski definition) is 1. The lowest BCUT2D eigenvalue weighted by Crippen LogP contribution is -2.10. The second kappa shape index (κ2) is 9.16. The fourth-order valence-electron chi connectivity index (χ4n) is 3.92. The second-order valence-corrected chi connectivity index (χ2v) is 9.78. The molecule has 1 N–H and O–H groups in total. The van der Waals surface area contributed by atoms with Crippen LogP contribution in [0.4, 0.5) is 11.4 Å². The highest BCUT2D eigenvalue weighted by molar-refractivity contribution is 5.74. The first-order valence-corrected chi connectivity index (χ1v) is 11.1. The normalized spacial score (nSPS) is 12.1. The Kier molecular flexibility index (Phi) is 7.37. The fourth-order valence-corrected chi connectivity index (χ4v) is 3.92. The summed E-state index contributed by atoms with van der Waals surface area (Å²) < 4.78 is 0. The fraction of sp³-hybridized carbons (Fsp3) is 0.556. The molecule has 1 nitrogen and oxygen atoms in total. The van der Waals surface area contributed by atoms with Crippen LogP contribution >= 0.6 is 0 Å². The summed E-state index contributed by atoms with van der Waals surface area (Å²) in [6.07, 6.45) is 0. The van der Waals surface area contributed by atoms with Gasteiger partial charge in [0.05, 0.1) is 0 Å². The SMILES string of the molecule is CC(C)c1cc(C(C)C)c(Nc2c(C(C)C)cccc2C(C)C)c(C(C)C)c1. The minimum Gasteiger partial charge on any atom is -0.355 e. The highest BCUT2D eigenvalue weighted by Crippen LogP contribution is 2.41. The summed E-state index contributed by atoms with van der Waals surface area (Å²) in [7, 11) is 0. The van der Waals surface area contributed by atoms with Gasteiger partial charge < -0.3 is 5.32 Å². The third kappa shape index (κ3) is 4.80. The van der Waals surface area contributed by atoms with Crippen molar-refractivity contribution < 1.29 is 0 Å². The van der Waals surface area contributed by atoms with Crippen LogP contribution in [0, 0.1) is 0 Å². The number of benzene rings is 2. The number of hydrogen-bond donors (Lipinski definition) is 1. The van der Waals surface area contributed by atoms with Crippen molar-refractivity contribution in [1.82, 2.24) is 0 Å². The van der Waals surface area contributed by atoms with Crippen molar-refractivity contribution in [1.29, 1.82) is 0 Å². The quantitative estimate of drug-likeness (QED) is 0.506. The predicted octanol–water partition coefficient (Wildman–Crippen LogP) is 9.05. The molecule has 2 aromatic rings. The molecule has 0 atom stereocenters. The molecule has 2 aromatic carbocycles. The van der Waals surface area contributed by atoms with Crippen molar-refractivity contribution in [3.8, 4) is 0 Å². The molecular formula is C27H41N. The number of rotatable bonds is 7. The maximum absolute atomic E-state index is 3.97. The van der Waals surface area contributed by atoms with E-state index in [4.69, 9.17) is 0 Å². The molecule has 28 heavy (non-hydrogen) atoms. The zero-order valence-electron chi connectivity index (χ0n) is 19.8. The Morgan fingerprint density at radius 1 is 0.500 bits per heavy atom. The number of anilines is 2. The van der Waals surface area contributed by atoms with Crippen LogP contribution in [0.15, 0.2) is 30.3 Å². The summed E-state index contributed by atoms with van der Waals surface area (Å²) in [5.41, 5.74) is 9.76. The van der Waals surface area contributed by atoms with Crippen LogP contribution < -0.4 is 5.32 Å². The summed E-state index contributed by atoms with van der Waals surface area (Å²) in [4.78, 5) is 0. The molecule has 0 amide bonds. The largest absolute Gasteiger partial charge is 0.355 e. The van der Waals surface area contributed by atoms with Crippen LogP contribution in [0.5, 0.6) is 0 Å². The Balaban J connectivity index is 2.76. The van der Waals surface area contributed by atoms with Gasteiger partial charge in [-0.25, -0.2) is 0 Å². The van der Waals surface area contributed by atoms with Crippen molar-refractivity contribution >= 4 is 11.4 Å². The van der Waals surface area contributed by atoms with Gasteiger partial charge in [0.1, 0.15) is 0 Å². The molecule has 2 rings (SSSR count). The van der Waals surface area contributed by atoms with E-state index in [-0.39, 0.29) is 0 Å². The van der Waals surface area contributed by atoms with E-state index >= 15 is 0 Å². The maximum Gasteiger partial charge on any atom is 0.0454 e. The first-order valence-electron chi connectivity index (χ1n) is 11.1. The van der Waals surface area contributed by atoms with Crippen molar-refractivity contribution in [3.05, 3.63) is 58.1 Å². The third-order valence-electron chi connectivity index (χ3n) is 5.76. The van der Waals surface area contributed by atoms with Crippen LogP contribution in [-0.4, -0.2) is 0 Å². The molecule has 0 aliphatic heterocycles. The average Bonchev–Trinajstić information content (AvgIpc) is 2.60. The van der Waals surface area contributed by atoms with E-state index < -0.39 is 0 Å². The molecule has 0 radical (unpaired) electrons. The van der Waals surface area contributed by atoms with Gasteiger partial charge >= 0.3 is 0 Å². The molecule has 154 valence electrons. The van der Waals surface area contributed by atoms with Gasteiger partial charge in [-0.05, 0) is 57.4 Å². The number of nitrogens with one attached hydrogen (secondary N) is 1. The minimum atomic E-state index is 0.479. The lowest BCUT2D eigenvalue weighted by atomic mass is 9.86. The Morgan fingerprint density at radius 2 is 0.857 bits per heavy atom. The van der Waals surface area contributed by atoms with E-state index in [1.165, 1.54) is 39.2 Å². The Hall–Kier alpha value is -1.76. The van der Waals surface area contributed by atoms with Crippen molar-refractivity contribution in [3.63, 3.8) is 0 Å². The summed E-state index contributed by atoms with van der Waals surface area (Å²) in [5, 5.41) is 3.97. The van der Waals surface area contributed by atoms with Crippen LogP contribution in [0.1, 0.15) is 127 Å². The zero-order valence-corrected chi connectivity index (χ0v) is 19.8. The second-order valence-electron chi connectivity index (χ2n) is 9.78. The first-order chi connectivity index (χ1) is 13.0. The van der Waals surface area contributed by atoms with E-state index in [0.29, 0.717) is 29.6 Å². The smallest absolute Gasteiger partial charge is 0.0454 e. The first kappa shape index (κ1) is 22.5. The van der Waals surface area contributed by atoms with E-state index in [2.05, 4.69) is 105 Å². The van der Waals surface area contributed by atoms with Crippen LogP contribution in [0.25, 0.3) is 0 Å². The number of para-hydroxylation sites is 1. The Labute approximate surface area is 174 Å². The monoisotopic (exact) mass is 379 g/mol. The van der Waals surface area contributed by atoms with Crippen molar-refractivity contribution in [2.75, 3.05) is 5.32 Å². The van der Waals surface area contributed by atoms with E-state index in [1.807, 2.05) is 0 Å². The van der Waals surface area contributed by atoms with Gasteiger partial charge in [0.25, 0.3) is 0 Å². The van der Waals surface area contributed by atoms with Crippen LogP contribution in [-0.2, 0) is 0 Å². The van der Waals surface area contributed by atoms with E-state index in [9.17, 15) is 0 Å². The van der Waals surface area contributed by atoms with Gasteiger partial charge in [0, 0.05) is 11.4 Å². The predicted molar refractivity (Wildman–Crippen MR) is 127 cm³/mol. The van der Waals surface area contributed by atoms with E-state index in [0.717, 1.165) is 0 Å². The highest BCUT2D eigenvalue weighted by atomic mass is 14.9. The molecule has 0 heterocycles. The third-order valence-corrected chi connectivity index (χ3v) is 5.76. The van der Waals surface area contributed by atoms with Crippen molar-refractivity contribution in [2.24, 2.45) is 0 Å². The maximum atomic E-state index is 3.97. The molecule has 1 heteroatoms. The van der Waals surface area contributed by atoms with Gasteiger partial charge in [0.2, 0.25) is 0 Å². The molecule has 0 spiro atoms. The van der Waals surface area contributed by atoms with Crippen molar-refractivity contribution in [2.45, 2.75) is 98.8 Å². The molecule has 0 saturated heterocycles. The summed E-state index contributed by atoms with van der Waals surface area (Å²) in [6.45, 7) is 23.0. The molecule has 0 aromatic heterocycles. The summed E-state index contributed by atoms with van der Waals surface area (Å²) in [5.74, 6) is 2.47. The Bertz CT molecular complexity index is 739. The van der Waals surface area contributed by atoms with Crippen LogP contribution in [0.3, 0.4) is 0 Å². The minimum absolute atomic E-state index is 0.479. The van der Waals surface area contributed by atoms with Crippen LogP contribution in [0.2, 0.25) is 0 Å². The Morgan fingerprint density at radius 3 is 1.18 bits per heavy atom. The lowest BCUT2D eigenvalue weighted by molar-refractivity contribution is 0.805. The van der Waals surface area contributed by atoms with Gasteiger partial charge in [0.15, 0.2) is 0 Å². The summed E-state index contributed by atoms with van der Waals surface area (Å²) >= 11 is 0. The molecular weight excluding hydrogens is 338 g/mol.